The standard InChI is InChI=1S/C19H34O17P2/c1-5-18(23)30-10-17(36-19(24)6-2)12-34-38(27,28)32-8-15(22)7-31-37(25,26)33-11-16(35-14(4)21)9-29-13(3)20/h15-17,22H,5-12H2,1-4H3,(H,25,26)(H,27,28)/t15-,16-,17-/m1/s1. The SMILES string of the molecule is CCC(=O)OC[C@H](COP(=O)(O)OC[C@H](O)COP(=O)(O)OC[C@@H](COC(C)=O)OC(C)=O)OC(=O)CC. The van der Waals surface area contributed by atoms with E-state index in [0.29, 0.717) is 0 Å². The molecule has 0 saturated heterocycles. The molecule has 0 aromatic rings. The van der Waals surface area contributed by atoms with E-state index < -0.39 is 97.5 Å². The summed E-state index contributed by atoms with van der Waals surface area (Å²) in [5, 5.41) is 9.84. The van der Waals surface area contributed by atoms with Crippen LogP contribution in [0, 0.1) is 0 Å². The maximum atomic E-state index is 12.1. The minimum absolute atomic E-state index is 0.0211. The highest BCUT2D eigenvalue weighted by Gasteiger charge is 2.29. The summed E-state index contributed by atoms with van der Waals surface area (Å²) in [7, 11) is -9.64. The van der Waals surface area contributed by atoms with Crippen LogP contribution in [0.15, 0.2) is 0 Å². The number of hydrogen-bond acceptors (Lipinski definition) is 15. The molecular weight excluding hydrogens is 562 g/mol. The van der Waals surface area contributed by atoms with Gasteiger partial charge in [-0.25, -0.2) is 9.13 Å². The molecule has 0 heterocycles. The molecule has 0 aliphatic heterocycles. The van der Waals surface area contributed by atoms with Crippen molar-refractivity contribution in [3.8, 4) is 0 Å². The van der Waals surface area contributed by atoms with Crippen LogP contribution in [0.5, 0.6) is 0 Å². The number of phosphoric acid groups is 2. The number of rotatable bonds is 20. The molecule has 17 nitrogen and oxygen atoms in total. The normalized spacial score (nSPS) is 16.7. The highest BCUT2D eigenvalue weighted by atomic mass is 31.2. The molecule has 0 fully saturated rings. The van der Waals surface area contributed by atoms with Gasteiger partial charge in [-0.15, -0.1) is 0 Å². The molecule has 0 radical (unpaired) electrons. The van der Waals surface area contributed by atoms with Gasteiger partial charge >= 0.3 is 39.5 Å². The monoisotopic (exact) mass is 596 g/mol. The first kappa shape index (κ1) is 36.1. The summed E-state index contributed by atoms with van der Waals surface area (Å²) >= 11 is 0. The fourth-order valence-corrected chi connectivity index (χ4v) is 3.65. The molecule has 0 aliphatic carbocycles. The van der Waals surface area contributed by atoms with Crippen LogP contribution in [0.25, 0.3) is 0 Å². The highest BCUT2D eigenvalue weighted by Crippen LogP contribution is 2.45. The van der Waals surface area contributed by atoms with Crippen molar-refractivity contribution in [1.29, 1.82) is 0 Å². The number of ether oxygens (including phenoxy) is 4. The molecule has 0 aromatic heterocycles. The maximum Gasteiger partial charge on any atom is 0.472 e. The maximum absolute atomic E-state index is 12.1. The zero-order valence-electron chi connectivity index (χ0n) is 21.3. The van der Waals surface area contributed by atoms with E-state index in [1.165, 1.54) is 13.8 Å². The molecule has 5 atom stereocenters. The first-order valence-electron chi connectivity index (χ1n) is 11.2. The fourth-order valence-electron chi connectivity index (χ4n) is 2.07. The van der Waals surface area contributed by atoms with E-state index in [1.54, 1.807) is 0 Å². The van der Waals surface area contributed by atoms with Gasteiger partial charge in [0.1, 0.15) is 19.3 Å². The highest BCUT2D eigenvalue weighted by molar-refractivity contribution is 7.47. The van der Waals surface area contributed by atoms with Crippen LogP contribution in [0.1, 0.15) is 40.5 Å². The lowest BCUT2D eigenvalue weighted by atomic mass is 10.4. The van der Waals surface area contributed by atoms with E-state index in [-0.39, 0.29) is 12.8 Å². The van der Waals surface area contributed by atoms with Gasteiger partial charge in [0.05, 0.1) is 26.4 Å². The summed E-state index contributed by atoms with van der Waals surface area (Å²) in [5.74, 6) is -2.77. The van der Waals surface area contributed by atoms with Gasteiger partial charge in [-0.3, -0.25) is 37.3 Å². The Morgan fingerprint density at radius 1 is 0.632 bits per heavy atom. The number of hydrogen-bond donors (Lipinski definition) is 3. The molecule has 222 valence electrons. The van der Waals surface area contributed by atoms with Gasteiger partial charge in [-0.2, -0.15) is 0 Å². The number of carbonyl (C=O) groups is 4. The summed E-state index contributed by atoms with van der Waals surface area (Å²) in [4.78, 5) is 64.2. The van der Waals surface area contributed by atoms with E-state index in [2.05, 4.69) is 18.3 Å². The predicted octanol–water partition coefficient (Wildman–Crippen LogP) is 0.384. The predicted molar refractivity (Wildman–Crippen MR) is 123 cm³/mol. The van der Waals surface area contributed by atoms with E-state index in [9.17, 15) is 43.2 Å². The third kappa shape index (κ3) is 19.2. The number of carbonyl (C=O) groups excluding carboxylic acids is 4. The van der Waals surface area contributed by atoms with Crippen molar-refractivity contribution < 1.29 is 80.2 Å². The number of aliphatic hydroxyl groups excluding tert-OH is 1. The first-order valence-corrected chi connectivity index (χ1v) is 14.2. The van der Waals surface area contributed by atoms with E-state index in [1.807, 2.05) is 0 Å². The molecule has 0 saturated carbocycles. The number of esters is 4. The Balaban J connectivity index is 4.66. The van der Waals surface area contributed by atoms with Crippen LogP contribution in [-0.2, 0) is 65.4 Å². The van der Waals surface area contributed by atoms with Gasteiger partial charge in [-0.05, 0) is 0 Å². The molecule has 38 heavy (non-hydrogen) atoms. The molecule has 2 unspecified atom stereocenters. The average Bonchev–Trinajstić information content (AvgIpc) is 2.84. The van der Waals surface area contributed by atoms with Crippen LogP contribution in [0.4, 0.5) is 0 Å². The van der Waals surface area contributed by atoms with Crippen molar-refractivity contribution in [2.24, 2.45) is 0 Å². The summed E-state index contributed by atoms with van der Waals surface area (Å²) in [6.07, 6.45) is -4.13. The van der Waals surface area contributed by atoms with Crippen LogP contribution in [0.2, 0.25) is 0 Å². The lowest BCUT2D eigenvalue weighted by molar-refractivity contribution is -0.160. The van der Waals surface area contributed by atoms with Gasteiger partial charge in [0.15, 0.2) is 12.2 Å². The van der Waals surface area contributed by atoms with Crippen molar-refractivity contribution >= 4 is 39.5 Å². The zero-order chi connectivity index (χ0) is 29.4. The van der Waals surface area contributed by atoms with E-state index >= 15 is 0 Å². The van der Waals surface area contributed by atoms with Gasteiger partial charge in [0.2, 0.25) is 0 Å². The van der Waals surface area contributed by atoms with Crippen molar-refractivity contribution in [2.75, 3.05) is 39.6 Å². The molecule has 3 N–H and O–H groups in total. The Kier molecular flexibility index (Phi) is 17.4. The Hall–Kier alpha value is -1.94. The molecule has 0 aliphatic rings. The average molecular weight is 596 g/mol. The minimum atomic E-state index is -4.83. The van der Waals surface area contributed by atoms with Gasteiger partial charge in [0, 0.05) is 26.7 Å². The quantitative estimate of drug-likeness (QED) is 0.0978. The van der Waals surface area contributed by atoms with Gasteiger partial charge < -0.3 is 33.8 Å². The Bertz CT molecular complexity index is 862. The summed E-state index contributed by atoms with van der Waals surface area (Å²) in [6, 6.07) is 0. The Morgan fingerprint density at radius 2 is 1.05 bits per heavy atom. The first-order chi connectivity index (χ1) is 17.6. The van der Waals surface area contributed by atoms with Crippen LogP contribution in [0.3, 0.4) is 0 Å². The second-order valence-electron chi connectivity index (χ2n) is 7.31. The summed E-state index contributed by atoms with van der Waals surface area (Å²) < 4.78 is 61.7. The topological polar surface area (TPSA) is 237 Å². The van der Waals surface area contributed by atoms with Crippen molar-refractivity contribution in [1.82, 2.24) is 0 Å². The molecule has 0 spiro atoms. The van der Waals surface area contributed by atoms with E-state index in [4.69, 9.17) is 18.7 Å². The number of phosphoric ester groups is 2. The van der Waals surface area contributed by atoms with Crippen LogP contribution < -0.4 is 0 Å². The molecular formula is C19H34O17P2. The van der Waals surface area contributed by atoms with Gasteiger partial charge in [0.25, 0.3) is 0 Å². The molecule has 0 rings (SSSR count). The third-order valence-electron chi connectivity index (χ3n) is 3.82. The van der Waals surface area contributed by atoms with Gasteiger partial charge in [-0.1, -0.05) is 13.8 Å². The smallest absolute Gasteiger partial charge is 0.462 e. The van der Waals surface area contributed by atoms with Crippen molar-refractivity contribution in [3.63, 3.8) is 0 Å². The zero-order valence-corrected chi connectivity index (χ0v) is 23.1. The second-order valence-corrected chi connectivity index (χ2v) is 10.2. The molecule has 0 bridgehead atoms. The Morgan fingerprint density at radius 3 is 1.47 bits per heavy atom. The van der Waals surface area contributed by atoms with Crippen LogP contribution in [-0.4, -0.2) is 96.7 Å². The molecule has 0 amide bonds. The lowest BCUT2D eigenvalue weighted by Crippen LogP contribution is -2.29. The summed E-state index contributed by atoms with van der Waals surface area (Å²) in [6.45, 7) is 1.06. The largest absolute Gasteiger partial charge is 0.472 e. The summed E-state index contributed by atoms with van der Waals surface area (Å²) in [5.41, 5.74) is 0. The second kappa shape index (κ2) is 18.4. The fraction of sp³-hybridized carbons (Fsp3) is 0.789. The third-order valence-corrected chi connectivity index (χ3v) is 5.72. The van der Waals surface area contributed by atoms with Crippen molar-refractivity contribution in [3.05, 3.63) is 0 Å². The molecule has 19 heteroatoms. The van der Waals surface area contributed by atoms with Crippen molar-refractivity contribution in [2.45, 2.75) is 58.8 Å². The number of aliphatic hydroxyl groups is 1. The molecule has 0 aromatic carbocycles. The minimum Gasteiger partial charge on any atom is -0.462 e. The van der Waals surface area contributed by atoms with Crippen LogP contribution >= 0.6 is 15.6 Å². The van der Waals surface area contributed by atoms with E-state index in [0.717, 1.165) is 13.8 Å². The lowest BCUT2D eigenvalue weighted by Gasteiger charge is -2.21. The Labute approximate surface area is 218 Å².